The molecule has 5 rings (SSSR count). The van der Waals surface area contributed by atoms with E-state index in [1.54, 1.807) is 0 Å². The molecule has 0 saturated heterocycles. The van der Waals surface area contributed by atoms with E-state index >= 15 is 0 Å². The minimum absolute atomic E-state index is 0.168. The van der Waals surface area contributed by atoms with Gasteiger partial charge in [-0.3, -0.25) is 9.79 Å². The molecular formula is C26H22N6O. The van der Waals surface area contributed by atoms with Crippen molar-refractivity contribution in [3.63, 3.8) is 0 Å². The third kappa shape index (κ3) is 4.77. The van der Waals surface area contributed by atoms with Gasteiger partial charge in [0.25, 0.3) is 5.91 Å². The zero-order valence-electron chi connectivity index (χ0n) is 17.9. The Balaban J connectivity index is 1.39. The summed E-state index contributed by atoms with van der Waals surface area (Å²) in [6.45, 7) is 0.905. The summed E-state index contributed by atoms with van der Waals surface area (Å²) in [5.41, 5.74) is 2.78. The van der Waals surface area contributed by atoms with Crippen molar-refractivity contribution in [1.29, 1.82) is 0 Å². The standard InChI is InChI=1S/C26H22N6O/c33-26(28-17-18-9-3-1-4-10-18)25-27-16-15-22(31-25)30-24-20-13-7-8-14-21(20)29-23(32-24)19-11-5-2-6-12-19/h1-14H,15-17H2,(H,28,33)(H,27,29,30,31,32). The molecule has 1 aliphatic rings. The largest absolute Gasteiger partial charge is 0.345 e. The van der Waals surface area contributed by atoms with Crippen LogP contribution in [0.15, 0.2) is 94.9 Å². The maximum atomic E-state index is 12.6. The summed E-state index contributed by atoms with van der Waals surface area (Å²) < 4.78 is 0. The second kappa shape index (κ2) is 9.40. The molecule has 162 valence electrons. The predicted octanol–water partition coefficient (Wildman–Crippen LogP) is 4.23. The van der Waals surface area contributed by atoms with Crippen LogP contribution in [0.5, 0.6) is 0 Å². The zero-order chi connectivity index (χ0) is 22.5. The van der Waals surface area contributed by atoms with Gasteiger partial charge in [-0.25, -0.2) is 15.0 Å². The summed E-state index contributed by atoms with van der Waals surface area (Å²) in [5, 5.41) is 7.10. The smallest absolute Gasteiger partial charge is 0.289 e. The van der Waals surface area contributed by atoms with E-state index in [1.165, 1.54) is 0 Å². The Hall–Kier alpha value is -4.39. The van der Waals surface area contributed by atoms with Gasteiger partial charge in [0.05, 0.1) is 5.52 Å². The number of hydrogen-bond acceptors (Lipinski definition) is 6. The third-order valence-electron chi connectivity index (χ3n) is 5.25. The Morgan fingerprint density at radius 3 is 2.39 bits per heavy atom. The van der Waals surface area contributed by atoms with Crippen molar-refractivity contribution in [1.82, 2.24) is 15.3 Å². The maximum absolute atomic E-state index is 12.6. The number of nitrogens with one attached hydrogen (secondary N) is 2. The lowest BCUT2D eigenvalue weighted by Crippen LogP contribution is -2.33. The van der Waals surface area contributed by atoms with Gasteiger partial charge in [0.15, 0.2) is 5.82 Å². The van der Waals surface area contributed by atoms with E-state index in [9.17, 15) is 4.79 Å². The summed E-state index contributed by atoms with van der Waals surface area (Å²) in [4.78, 5) is 30.9. The van der Waals surface area contributed by atoms with Crippen LogP contribution in [0.4, 0.5) is 5.82 Å². The molecule has 2 N–H and O–H groups in total. The van der Waals surface area contributed by atoms with Crippen LogP contribution in [0.2, 0.25) is 0 Å². The summed E-state index contributed by atoms with van der Waals surface area (Å²) in [7, 11) is 0. The summed E-state index contributed by atoms with van der Waals surface area (Å²) >= 11 is 0. The van der Waals surface area contributed by atoms with Crippen LogP contribution in [-0.2, 0) is 11.3 Å². The van der Waals surface area contributed by atoms with E-state index in [0.29, 0.717) is 37.0 Å². The molecule has 0 bridgehead atoms. The van der Waals surface area contributed by atoms with Crippen LogP contribution < -0.4 is 10.6 Å². The Labute approximate surface area is 191 Å². The van der Waals surface area contributed by atoms with Gasteiger partial charge < -0.3 is 10.6 Å². The second-order valence-electron chi connectivity index (χ2n) is 7.59. The summed E-state index contributed by atoms with van der Waals surface area (Å²) in [6, 6.07) is 27.4. The number of fused-ring (bicyclic) bond motifs is 1. The Kier molecular flexibility index (Phi) is 5.84. The quantitative estimate of drug-likeness (QED) is 0.492. The first-order chi connectivity index (χ1) is 16.3. The molecule has 1 aromatic heterocycles. The molecule has 2 heterocycles. The number of para-hydroxylation sites is 1. The molecule has 4 aromatic rings. The molecule has 1 amide bonds. The van der Waals surface area contributed by atoms with E-state index in [1.807, 2.05) is 84.9 Å². The van der Waals surface area contributed by atoms with E-state index in [0.717, 1.165) is 22.0 Å². The van der Waals surface area contributed by atoms with Crippen LogP contribution >= 0.6 is 0 Å². The van der Waals surface area contributed by atoms with Crippen LogP contribution in [0.25, 0.3) is 22.3 Å². The fourth-order valence-corrected chi connectivity index (χ4v) is 3.58. The molecule has 33 heavy (non-hydrogen) atoms. The molecule has 0 saturated carbocycles. The van der Waals surface area contributed by atoms with E-state index in [-0.39, 0.29) is 11.7 Å². The fraction of sp³-hybridized carbons (Fsp3) is 0.115. The van der Waals surface area contributed by atoms with E-state index in [4.69, 9.17) is 9.97 Å². The van der Waals surface area contributed by atoms with Crippen LogP contribution in [-0.4, -0.2) is 34.1 Å². The number of aliphatic imine (C=N–C) groups is 2. The number of amidine groups is 2. The van der Waals surface area contributed by atoms with Gasteiger partial charge in [0, 0.05) is 30.5 Å². The minimum atomic E-state index is -0.296. The number of hydrogen-bond donors (Lipinski definition) is 2. The highest BCUT2D eigenvalue weighted by Crippen LogP contribution is 2.25. The molecule has 0 atom stereocenters. The van der Waals surface area contributed by atoms with Crippen LogP contribution in [0.1, 0.15) is 12.0 Å². The lowest BCUT2D eigenvalue weighted by molar-refractivity contribution is -0.115. The van der Waals surface area contributed by atoms with E-state index in [2.05, 4.69) is 20.6 Å². The summed E-state index contributed by atoms with van der Waals surface area (Å²) in [6.07, 6.45) is 0.592. The van der Waals surface area contributed by atoms with Crippen molar-refractivity contribution >= 4 is 34.3 Å². The molecule has 0 aliphatic carbocycles. The van der Waals surface area contributed by atoms with Gasteiger partial charge in [0.1, 0.15) is 11.7 Å². The molecule has 0 fully saturated rings. The number of aromatic nitrogens is 2. The van der Waals surface area contributed by atoms with Crippen molar-refractivity contribution in [3.05, 3.63) is 90.5 Å². The first-order valence-corrected chi connectivity index (χ1v) is 10.8. The first kappa shape index (κ1) is 20.5. The number of benzene rings is 3. The monoisotopic (exact) mass is 434 g/mol. The number of amides is 1. The number of carbonyl (C=O) groups excluding carboxylic acids is 1. The lowest BCUT2D eigenvalue weighted by atomic mass is 10.2. The molecule has 7 heteroatoms. The molecule has 3 aromatic carbocycles. The average molecular weight is 435 g/mol. The van der Waals surface area contributed by atoms with Crippen molar-refractivity contribution < 1.29 is 4.79 Å². The highest BCUT2D eigenvalue weighted by atomic mass is 16.2. The Morgan fingerprint density at radius 1 is 0.848 bits per heavy atom. The number of anilines is 1. The van der Waals surface area contributed by atoms with Crippen LogP contribution in [0, 0.1) is 0 Å². The first-order valence-electron chi connectivity index (χ1n) is 10.8. The van der Waals surface area contributed by atoms with Crippen molar-refractivity contribution in [2.75, 3.05) is 11.9 Å². The molecule has 0 unspecified atom stereocenters. The maximum Gasteiger partial charge on any atom is 0.289 e. The van der Waals surface area contributed by atoms with Crippen molar-refractivity contribution in [3.8, 4) is 11.4 Å². The van der Waals surface area contributed by atoms with Crippen molar-refractivity contribution in [2.24, 2.45) is 9.98 Å². The van der Waals surface area contributed by atoms with Gasteiger partial charge >= 0.3 is 0 Å². The number of rotatable bonds is 5. The molecule has 0 radical (unpaired) electrons. The second-order valence-corrected chi connectivity index (χ2v) is 7.59. The predicted molar refractivity (Wildman–Crippen MR) is 131 cm³/mol. The number of carbonyl (C=O) groups is 1. The van der Waals surface area contributed by atoms with Gasteiger partial charge in [-0.05, 0) is 17.7 Å². The van der Waals surface area contributed by atoms with Gasteiger partial charge in [-0.1, -0.05) is 72.8 Å². The zero-order valence-corrected chi connectivity index (χ0v) is 17.9. The lowest BCUT2D eigenvalue weighted by Gasteiger charge is -2.15. The molecule has 7 nitrogen and oxygen atoms in total. The SMILES string of the molecule is O=C(NCc1ccccc1)C1=NCCC(Nc2nc(-c3ccccc3)nc3ccccc23)=N1. The normalized spacial score (nSPS) is 13.2. The average Bonchev–Trinajstić information content (AvgIpc) is 2.88. The van der Waals surface area contributed by atoms with E-state index < -0.39 is 0 Å². The molecule has 1 aliphatic heterocycles. The third-order valence-corrected chi connectivity index (χ3v) is 5.25. The minimum Gasteiger partial charge on any atom is -0.345 e. The van der Waals surface area contributed by atoms with Gasteiger partial charge in [0.2, 0.25) is 5.84 Å². The Morgan fingerprint density at radius 2 is 1.58 bits per heavy atom. The number of nitrogens with zero attached hydrogens (tertiary/aromatic N) is 4. The van der Waals surface area contributed by atoms with Gasteiger partial charge in [-0.2, -0.15) is 0 Å². The van der Waals surface area contributed by atoms with Gasteiger partial charge in [-0.15, -0.1) is 0 Å². The highest BCUT2D eigenvalue weighted by molar-refractivity contribution is 6.40. The molecular weight excluding hydrogens is 412 g/mol. The highest BCUT2D eigenvalue weighted by Gasteiger charge is 2.17. The molecule has 0 spiro atoms. The topological polar surface area (TPSA) is 91.6 Å². The fourth-order valence-electron chi connectivity index (χ4n) is 3.58. The summed E-state index contributed by atoms with van der Waals surface area (Å²) in [5.74, 6) is 1.81. The van der Waals surface area contributed by atoms with Crippen molar-refractivity contribution in [2.45, 2.75) is 13.0 Å². The van der Waals surface area contributed by atoms with Crippen LogP contribution in [0.3, 0.4) is 0 Å². The Bertz CT molecular complexity index is 1350.